The molecule has 0 unspecified atom stereocenters. The van der Waals surface area contributed by atoms with Crippen molar-refractivity contribution in [3.05, 3.63) is 0 Å². The summed E-state index contributed by atoms with van der Waals surface area (Å²) in [7, 11) is 0. The van der Waals surface area contributed by atoms with Crippen LogP contribution in [0, 0.1) is 10.8 Å². The Bertz CT molecular complexity index is 314. The Kier molecular flexibility index (Phi) is 1.81. The van der Waals surface area contributed by atoms with E-state index >= 15 is 0 Å². The highest BCUT2D eigenvalue weighted by Crippen LogP contribution is 2.68. The molecule has 0 radical (unpaired) electrons. The Morgan fingerprint density at radius 1 is 1.33 bits per heavy atom. The van der Waals surface area contributed by atoms with Gasteiger partial charge in [-0.15, -0.1) is 0 Å². The monoisotopic (exact) mass is 213 g/mol. The Hall–Kier alpha value is -1.26. The van der Waals surface area contributed by atoms with Crippen LogP contribution >= 0.6 is 0 Å². The van der Waals surface area contributed by atoms with Crippen LogP contribution in [0.3, 0.4) is 0 Å². The third-order valence-electron chi connectivity index (χ3n) is 4.06. The zero-order valence-corrected chi connectivity index (χ0v) is 8.86. The van der Waals surface area contributed by atoms with Crippen molar-refractivity contribution in [1.29, 1.82) is 0 Å². The number of rotatable bonds is 1. The molecule has 0 bridgehead atoms. The molecule has 0 aromatic carbocycles. The van der Waals surface area contributed by atoms with Gasteiger partial charge in [0.25, 0.3) is 0 Å². The molecule has 2 rings (SSSR count). The Morgan fingerprint density at radius 2 is 1.87 bits per heavy atom. The van der Waals surface area contributed by atoms with E-state index in [0.717, 1.165) is 11.3 Å². The topological polar surface area (TPSA) is 77.8 Å². The molecule has 2 aliphatic rings. The van der Waals surface area contributed by atoms with Crippen LogP contribution in [0.1, 0.15) is 26.7 Å². The number of carbonyl (C=O) groups is 2. The third kappa shape index (κ3) is 1.29. The normalized spacial score (nSPS) is 36.9. The predicted octanol–water partition coefficient (Wildman–Crippen LogP) is 1.24. The summed E-state index contributed by atoms with van der Waals surface area (Å²) in [6.45, 7) is 4.50. The van der Waals surface area contributed by atoms with E-state index < -0.39 is 18.1 Å². The van der Waals surface area contributed by atoms with Crippen LogP contribution in [-0.2, 0) is 4.79 Å². The van der Waals surface area contributed by atoms with Crippen LogP contribution in [-0.4, -0.2) is 39.8 Å². The molecule has 1 heterocycles. The number of hydrogen-bond donors (Lipinski definition) is 2. The third-order valence-corrected chi connectivity index (χ3v) is 4.06. The predicted molar refractivity (Wildman–Crippen MR) is 51.6 cm³/mol. The maximum absolute atomic E-state index is 10.9. The summed E-state index contributed by atoms with van der Waals surface area (Å²) in [5, 5.41) is 17.9. The van der Waals surface area contributed by atoms with E-state index in [1.54, 1.807) is 0 Å². The number of likely N-dealkylation sites (tertiary alicyclic amines) is 1. The van der Waals surface area contributed by atoms with Gasteiger partial charge < -0.3 is 10.2 Å². The second-order valence-electron chi connectivity index (χ2n) is 5.31. The van der Waals surface area contributed by atoms with E-state index in [1.165, 1.54) is 0 Å². The van der Waals surface area contributed by atoms with Crippen molar-refractivity contribution in [2.24, 2.45) is 10.8 Å². The molecule has 5 heteroatoms. The summed E-state index contributed by atoms with van der Waals surface area (Å²) in [6, 6.07) is -0.857. The van der Waals surface area contributed by atoms with Gasteiger partial charge >= 0.3 is 12.1 Å². The second-order valence-corrected chi connectivity index (χ2v) is 5.31. The van der Waals surface area contributed by atoms with Crippen LogP contribution in [0.2, 0.25) is 0 Å². The number of hydrogen-bond acceptors (Lipinski definition) is 2. The molecule has 1 spiro atoms. The van der Waals surface area contributed by atoms with Crippen molar-refractivity contribution in [2.45, 2.75) is 32.7 Å². The molecule has 84 valence electrons. The average Bonchev–Trinajstić information content (AvgIpc) is 2.48. The number of aliphatic carboxylic acids is 1. The molecule has 1 aliphatic heterocycles. The molecule has 2 fully saturated rings. The van der Waals surface area contributed by atoms with Crippen LogP contribution in [0.25, 0.3) is 0 Å². The Morgan fingerprint density at radius 3 is 2.13 bits per heavy atom. The SMILES string of the molecule is CC1(C)C[C@]12C[C@@H](C(=O)O)N(C(=O)O)C2. The Balaban J connectivity index is 2.21. The zero-order chi connectivity index (χ0) is 11.4. The fourth-order valence-corrected chi connectivity index (χ4v) is 2.82. The lowest BCUT2D eigenvalue weighted by Gasteiger charge is -2.17. The maximum atomic E-state index is 10.9. The van der Waals surface area contributed by atoms with Crippen LogP contribution in [0.15, 0.2) is 0 Å². The lowest BCUT2D eigenvalue weighted by atomic mass is 9.93. The minimum Gasteiger partial charge on any atom is -0.480 e. The fraction of sp³-hybridized carbons (Fsp3) is 0.800. The smallest absolute Gasteiger partial charge is 0.408 e. The minimum atomic E-state index is -1.12. The molecule has 15 heavy (non-hydrogen) atoms. The number of carboxylic acid groups (broad SMARTS) is 2. The van der Waals surface area contributed by atoms with Gasteiger partial charge in [0.1, 0.15) is 6.04 Å². The number of nitrogens with zero attached hydrogens (tertiary/aromatic N) is 1. The first kappa shape index (κ1) is 10.3. The van der Waals surface area contributed by atoms with Crippen molar-refractivity contribution < 1.29 is 19.8 Å². The summed E-state index contributed by atoms with van der Waals surface area (Å²) >= 11 is 0. The van der Waals surface area contributed by atoms with E-state index in [1.807, 2.05) is 0 Å². The molecule has 1 amide bonds. The molecule has 2 atom stereocenters. The summed E-state index contributed by atoms with van der Waals surface area (Å²) in [5.41, 5.74) is -0.000648. The molecular formula is C10H15NO4. The van der Waals surface area contributed by atoms with Gasteiger partial charge in [0.15, 0.2) is 0 Å². The van der Waals surface area contributed by atoms with Crippen LogP contribution in [0.5, 0.6) is 0 Å². The zero-order valence-electron chi connectivity index (χ0n) is 8.86. The maximum Gasteiger partial charge on any atom is 0.408 e. The van der Waals surface area contributed by atoms with E-state index in [0.29, 0.717) is 13.0 Å². The molecule has 5 nitrogen and oxygen atoms in total. The summed E-state index contributed by atoms with van der Waals surface area (Å²) < 4.78 is 0. The van der Waals surface area contributed by atoms with Gasteiger partial charge in [-0.2, -0.15) is 0 Å². The van der Waals surface area contributed by atoms with Crippen molar-refractivity contribution >= 4 is 12.1 Å². The highest BCUT2D eigenvalue weighted by atomic mass is 16.4. The lowest BCUT2D eigenvalue weighted by Crippen LogP contribution is -2.39. The minimum absolute atomic E-state index is 0.0882. The van der Waals surface area contributed by atoms with Crippen molar-refractivity contribution in [3.63, 3.8) is 0 Å². The van der Waals surface area contributed by atoms with E-state index in [2.05, 4.69) is 13.8 Å². The van der Waals surface area contributed by atoms with Crippen LogP contribution < -0.4 is 0 Å². The van der Waals surface area contributed by atoms with Crippen molar-refractivity contribution in [2.75, 3.05) is 6.54 Å². The molecule has 1 saturated carbocycles. The highest BCUT2D eigenvalue weighted by molar-refractivity contribution is 5.80. The number of carboxylic acids is 1. The van der Waals surface area contributed by atoms with Crippen molar-refractivity contribution in [1.82, 2.24) is 4.90 Å². The van der Waals surface area contributed by atoms with Gasteiger partial charge in [-0.05, 0) is 23.7 Å². The van der Waals surface area contributed by atoms with Crippen molar-refractivity contribution in [3.8, 4) is 0 Å². The first-order chi connectivity index (χ1) is 6.79. The van der Waals surface area contributed by atoms with Gasteiger partial charge in [0.05, 0.1) is 0 Å². The first-order valence-corrected chi connectivity index (χ1v) is 5.01. The van der Waals surface area contributed by atoms with Crippen LogP contribution in [0.4, 0.5) is 4.79 Å². The second kappa shape index (κ2) is 2.65. The molecule has 1 aliphatic carbocycles. The van der Waals surface area contributed by atoms with E-state index in [-0.39, 0.29) is 10.8 Å². The van der Waals surface area contributed by atoms with E-state index in [9.17, 15) is 9.59 Å². The van der Waals surface area contributed by atoms with Gasteiger partial charge in [0, 0.05) is 6.54 Å². The van der Waals surface area contributed by atoms with E-state index in [4.69, 9.17) is 10.2 Å². The standard InChI is InChI=1S/C10H15NO4/c1-9(2)4-10(9)3-6(7(12)13)11(5-10)8(14)15/h6H,3-5H2,1-2H3,(H,12,13)(H,14,15)/t6-,10-/m0/s1. The molecule has 0 aromatic rings. The summed E-state index contributed by atoms with van der Waals surface area (Å²) in [5.74, 6) is -1.03. The average molecular weight is 213 g/mol. The lowest BCUT2D eigenvalue weighted by molar-refractivity contribution is -0.141. The Labute approximate surface area is 87.7 Å². The first-order valence-electron chi connectivity index (χ1n) is 5.01. The van der Waals surface area contributed by atoms with Gasteiger partial charge in [0.2, 0.25) is 0 Å². The fourth-order valence-electron chi connectivity index (χ4n) is 2.82. The van der Waals surface area contributed by atoms with Gasteiger partial charge in [-0.3, -0.25) is 4.90 Å². The molecule has 1 saturated heterocycles. The molecule has 0 aromatic heterocycles. The highest BCUT2D eigenvalue weighted by Gasteiger charge is 2.67. The quantitative estimate of drug-likeness (QED) is 0.687. The summed E-state index contributed by atoms with van der Waals surface area (Å²) in [6.07, 6.45) is 0.261. The number of amides is 1. The molecular weight excluding hydrogens is 198 g/mol. The van der Waals surface area contributed by atoms with Gasteiger partial charge in [-0.1, -0.05) is 13.8 Å². The summed E-state index contributed by atoms with van der Waals surface area (Å²) in [4.78, 5) is 22.9. The molecule has 2 N–H and O–H groups in total. The van der Waals surface area contributed by atoms with Gasteiger partial charge in [-0.25, -0.2) is 9.59 Å². The largest absolute Gasteiger partial charge is 0.480 e.